The number of benzene rings is 1. The first kappa shape index (κ1) is 50.1. The summed E-state index contributed by atoms with van der Waals surface area (Å²) in [7, 11) is -7.71. The molecule has 1 rings (SSSR count). The molecule has 0 atom stereocenters. The van der Waals surface area contributed by atoms with Crippen LogP contribution >= 0.6 is 0 Å². The van der Waals surface area contributed by atoms with Crippen LogP contribution in [0.4, 0.5) is 127 Å². The smallest absolute Gasteiger partial charge is 0.744 e. The normalized spacial score (nSPS) is 15.9. The fraction of sp³-hybridized carbons (Fsp3) is 0.667. The van der Waals surface area contributed by atoms with Crippen molar-refractivity contribution in [2.75, 3.05) is 0 Å². The molecule has 52 heavy (non-hydrogen) atoms. The number of halogens is 29. The molecule has 0 saturated heterocycles. The number of hydrogen-bond donors (Lipinski definition) is 0. The van der Waals surface area contributed by atoms with Gasteiger partial charge in [0.2, 0.25) is 0 Å². The van der Waals surface area contributed by atoms with Gasteiger partial charge in [-0.15, -0.1) is 0 Å². The maximum absolute atomic E-state index is 14.4. The minimum absolute atomic E-state index is 0. The first-order valence-corrected chi connectivity index (χ1v) is 12.1. The van der Waals surface area contributed by atoms with E-state index in [1.54, 1.807) is 0 Å². The molecule has 0 heterocycles. The average Bonchev–Trinajstić information content (AvgIpc) is 2.90. The van der Waals surface area contributed by atoms with E-state index < -0.39 is 115 Å². The summed E-state index contributed by atoms with van der Waals surface area (Å²) in [5.41, 5.74) is -4.92. The van der Waals surface area contributed by atoms with Crippen LogP contribution in [0.5, 0.6) is 0 Å². The standard InChI is InChI=1S/C18HF29O3S.Na/c19-2-1(6(51(48,49)50)5(22)4(21)3(2)20)7(23,24)8(25,26)9(27,28)10(29,30)11(31,32)12(33,34)13(35,36)14(37,38)15(39,40)16(41,42)17(43,44)18(45,46)47;/h(H,48,49,50);/q;+1/p-1. The molecule has 0 aliphatic carbocycles. The van der Waals surface area contributed by atoms with E-state index >= 15 is 0 Å². The van der Waals surface area contributed by atoms with Gasteiger partial charge in [-0.25, -0.2) is 26.0 Å². The van der Waals surface area contributed by atoms with Gasteiger partial charge in [-0.3, -0.25) is 0 Å². The first-order chi connectivity index (χ1) is 21.6. The van der Waals surface area contributed by atoms with Crippen molar-refractivity contribution in [2.45, 2.75) is 76.2 Å². The van der Waals surface area contributed by atoms with Crippen molar-refractivity contribution >= 4 is 10.1 Å². The maximum Gasteiger partial charge on any atom is 1.00 e. The molecule has 300 valence electrons. The fourth-order valence-electron chi connectivity index (χ4n) is 3.24. The molecule has 1 aromatic rings. The van der Waals surface area contributed by atoms with Crippen LogP contribution in [0.2, 0.25) is 0 Å². The van der Waals surface area contributed by atoms with Crippen molar-refractivity contribution in [3.05, 3.63) is 28.8 Å². The van der Waals surface area contributed by atoms with E-state index in [9.17, 15) is 140 Å². The van der Waals surface area contributed by atoms with Gasteiger partial charge in [-0.1, -0.05) is 0 Å². The minimum Gasteiger partial charge on any atom is -0.744 e. The third-order valence-corrected chi connectivity index (χ3v) is 6.97. The summed E-state index contributed by atoms with van der Waals surface area (Å²) in [6.45, 7) is 0. The largest absolute Gasteiger partial charge is 1.00 e. The monoisotopic (exact) mass is 870 g/mol. The average molecular weight is 870 g/mol. The van der Waals surface area contributed by atoms with Gasteiger partial charge in [0, 0.05) is 0 Å². The molecular weight excluding hydrogens is 870 g/mol. The number of rotatable bonds is 12. The summed E-state index contributed by atoms with van der Waals surface area (Å²) >= 11 is 0. The Kier molecular flexibility index (Phi) is 12.4. The Balaban J connectivity index is 0.0000260. The second kappa shape index (κ2) is 12.8. The van der Waals surface area contributed by atoms with Gasteiger partial charge in [0.15, 0.2) is 23.3 Å². The Labute approximate surface area is 285 Å². The van der Waals surface area contributed by atoms with E-state index in [0.717, 1.165) is 0 Å². The van der Waals surface area contributed by atoms with E-state index in [4.69, 9.17) is 0 Å². The van der Waals surface area contributed by atoms with Gasteiger partial charge in [0.25, 0.3) is 0 Å². The second-order valence-electron chi connectivity index (χ2n) is 9.23. The Hall–Kier alpha value is -1.90. The quantitative estimate of drug-likeness (QED) is 0.0833. The number of alkyl halides is 25. The summed E-state index contributed by atoms with van der Waals surface area (Å²) in [4.78, 5) is -4.34. The minimum atomic E-state index is -9.99. The van der Waals surface area contributed by atoms with Crippen LogP contribution in [-0.4, -0.2) is 78.4 Å². The van der Waals surface area contributed by atoms with Crippen LogP contribution in [0.25, 0.3) is 0 Å². The molecule has 0 N–H and O–H groups in total. The molecule has 0 unspecified atom stereocenters. The molecule has 0 aromatic heterocycles. The molecule has 0 spiro atoms. The van der Waals surface area contributed by atoms with Gasteiger partial charge >= 0.3 is 101 Å². The molecule has 34 heteroatoms. The zero-order chi connectivity index (χ0) is 42.0. The molecule has 0 amide bonds. The zero-order valence-electron chi connectivity index (χ0n) is 22.6. The Morgan fingerprint density at radius 2 is 0.558 bits per heavy atom. The molecule has 3 nitrogen and oxygen atoms in total. The molecule has 0 aliphatic rings. The molecule has 0 aliphatic heterocycles. The van der Waals surface area contributed by atoms with Crippen molar-refractivity contribution < 1.29 is 170 Å². The summed E-state index contributed by atoms with van der Waals surface area (Å²) in [6, 6.07) is 0. The zero-order valence-corrected chi connectivity index (χ0v) is 25.4. The summed E-state index contributed by atoms with van der Waals surface area (Å²) in [6.07, 6.45) is -8.33. The van der Waals surface area contributed by atoms with Crippen LogP contribution < -0.4 is 29.6 Å². The summed E-state index contributed by atoms with van der Waals surface area (Å²) < 4.78 is 426. The maximum atomic E-state index is 14.4. The second-order valence-corrected chi connectivity index (χ2v) is 10.5. The van der Waals surface area contributed by atoms with Gasteiger partial charge in [-0.2, -0.15) is 110 Å². The molecular formula is C18F29NaO3S. The first-order valence-electron chi connectivity index (χ1n) is 10.7. The van der Waals surface area contributed by atoms with Crippen LogP contribution in [0.3, 0.4) is 0 Å². The molecule has 1 aromatic carbocycles. The van der Waals surface area contributed by atoms with E-state index in [2.05, 4.69) is 0 Å². The Morgan fingerprint density at radius 3 is 0.788 bits per heavy atom. The van der Waals surface area contributed by atoms with Crippen LogP contribution in [-0.2, 0) is 16.0 Å². The van der Waals surface area contributed by atoms with Crippen molar-refractivity contribution in [3.63, 3.8) is 0 Å². The van der Waals surface area contributed by atoms with Gasteiger partial charge in [0.05, 0.1) is 5.56 Å². The van der Waals surface area contributed by atoms with Crippen LogP contribution in [0, 0.1) is 23.3 Å². The fourth-order valence-corrected chi connectivity index (χ4v) is 4.01. The van der Waals surface area contributed by atoms with Gasteiger partial charge in [-0.05, 0) is 0 Å². The Morgan fingerprint density at radius 1 is 0.346 bits per heavy atom. The van der Waals surface area contributed by atoms with Crippen molar-refractivity contribution in [3.8, 4) is 0 Å². The van der Waals surface area contributed by atoms with Gasteiger partial charge < -0.3 is 4.55 Å². The summed E-state index contributed by atoms with van der Waals surface area (Å²) in [5, 5.41) is 0. The van der Waals surface area contributed by atoms with Crippen molar-refractivity contribution in [1.82, 2.24) is 0 Å². The van der Waals surface area contributed by atoms with E-state index in [-0.39, 0.29) is 29.6 Å². The van der Waals surface area contributed by atoms with Crippen LogP contribution in [0.1, 0.15) is 5.56 Å². The SMILES string of the molecule is O=S(=O)([O-])c1c(F)c(F)c(F)c(F)c1C(F)(F)C(F)(F)C(F)(F)C(F)(F)C(F)(F)C(F)(F)C(F)(F)C(F)(F)C(F)(F)C(F)(F)C(F)(F)C(F)(F)F.[Na+]. The van der Waals surface area contributed by atoms with Crippen molar-refractivity contribution in [2.24, 2.45) is 0 Å². The third-order valence-electron chi connectivity index (χ3n) is 6.09. The third kappa shape index (κ3) is 6.02. The van der Waals surface area contributed by atoms with E-state index in [0.29, 0.717) is 0 Å². The molecule has 0 fully saturated rings. The predicted molar refractivity (Wildman–Crippen MR) is 93.7 cm³/mol. The Bertz CT molecular complexity index is 1640. The van der Waals surface area contributed by atoms with Crippen LogP contribution in [0.15, 0.2) is 4.90 Å². The van der Waals surface area contributed by atoms with E-state index in [1.165, 1.54) is 0 Å². The molecule has 0 radical (unpaired) electrons. The van der Waals surface area contributed by atoms with Crippen molar-refractivity contribution in [1.29, 1.82) is 0 Å². The number of hydrogen-bond acceptors (Lipinski definition) is 3. The van der Waals surface area contributed by atoms with Gasteiger partial charge in [0.1, 0.15) is 15.0 Å². The van der Waals surface area contributed by atoms with E-state index in [1.807, 2.05) is 0 Å². The summed E-state index contributed by atoms with van der Waals surface area (Å²) in [5.74, 6) is -122. The topological polar surface area (TPSA) is 57.2 Å². The molecule has 0 saturated carbocycles. The predicted octanol–water partition coefficient (Wildman–Crippen LogP) is 6.16. The molecule has 0 bridgehead atoms.